The van der Waals surface area contributed by atoms with E-state index in [1.165, 1.54) is 36.8 Å². The molecule has 1 aromatic rings. The SMILES string of the molecule is c1cc2c(cc1C1CCCC1)COC2. The van der Waals surface area contributed by atoms with Gasteiger partial charge in [0.05, 0.1) is 13.2 Å². The Bertz CT molecular complexity index is 337. The normalized spacial score (nSPS) is 21.4. The molecule has 0 amide bonds. The van der Waals surface area contributed by atoms with E-state index in [0.29, 0.717) is 0 Å². The average molecular weight is 188 g/mol. The minimum atomic E-state index is 0.820. The molecule has 0 atom stereocenters. The highest BCUT2D eigenvalue weighted by atomic mass is 16.5. The Morgan fingerprint density at radius 1 is 1.00 bits per heavy atom. The minimum absolute atomic E-state index is 0.820. The molecule has 1 heteroatoms. The second kappa shape index (κ2) is 3.39. The van der Waals surface area contributed by atoms with Crippen molar-refractivity contribution in [2.24, 2.45) is 0 Å². The van der Waals surface area contributed by atoms with Crippen molar-refractivity contribution in [2.75, 3.05) is 0 Å². The molecule has 0 N–H and O–H groups in total. The van der Waals surface area contributed by atoms with E-state index in [0.717, 1.165) is 19.1 Å². The second-order valence-electron chi connectivity index (χ2n) is 4.50. The van der Waals surface area contributed by atoms with E-state index in [1.807, 2.05) is 0 Å². The van der Waals surface area contributed by atoms with Crippen LogP contribution in [0, 0.1) is 0 Å². The zero-order valence-electron chi connectivity index (χ0n) is 8.46. The van der Waals surface area contributed by atoms with Crippen LogP contribution in [0.15, 0.2) is 18.2 Å². The molecule has 1 aromatic carbocycles. The maximum atomic E-state index is 5.43. The van der Waals surface area contributed by atoms with Gasteiger partial charge in [-0.05, 0) is 35.4 Å². The molecule has 2 aliphatic rings. The van der Waals surface area contributed by atoms with E-state index in [9.17, 15) is 0 Å². The summed E-state index contributed by atoms with van der Waals surface area (Å²) in [6.45, 7) is 1.65. The highest BCUT2D eigenvalue weighted by Gasteiger charge is 2.19. The zero-order valence-corrected chi connectivity index (χ0v) is 8.46. The lowest BCUT2D eigenvalue weighted by Gasteiger charge is -2.10. The van der Waals surface area contributed by atoms with Crippen LogP contribution in [-0.4, -0.2) is 0 Å². The molecule has 0 saturated heterocycles. The second-order valence-corrected chi connectivity index (χ2v) is 4.50. The fraction of sp³-hybridized carbons (Fsp3) is 0.538. The Hall–Kier alpha value is -0.820. The summed E-state index contributed by atoms with van der Waals surface area (Å²) in [7, 11) is 0. The van der Waals surface area contributed by atoms with Crippen LogP contribution < -0.4 is 0 Å². The van der Waals surface area contributed by atoms with Gasteiger partial charge in [0.25, 0.3) is 0 Å². The summed E-state index contributed by atoms with van der Waals surface area (Å²) >= 11 is 0. The van der Waals surface area contributed by atoms with Gasteiger partial charge >= 0.3 is 0 Å². The number of benzene rings is 1. The van der Waals surface area contributed by atoms with Gasteiger partial charge in [0.2, 0.25) is 0 Å². The standard InChI is InChI=1S/C13H16O/c1-2-4-10(3-1)11-5-6-12-8-14-9-13(12)7-11/h5-7,10H,1-4,8-9H2. The lowest BCUT2D eigenvalue weighted by atomic mass is 9.94. The lowest BCUT2D eigenvalue weighted by Crippen LogP contribution is -1.94. The van der Waals surface area contributed by atoms with Crippen LogP contribution in [0.4, 0.5) is 0 Å². The third kappa shape index (κ3) is 1.36. The summed E-state index contributed by atoms with van der Waals surface area (Å²) in [5.74, 6) is 0.834. The fourth-order valence-corrected chi connectivity index (χ4v) is 2.71. The Morgan fingerprint density at radius 3 is 2.64 bits per heavy atom. The van der Waals surface area contributed by atoms with E-state index in [4.69, 9.17) is 4.74 Å². The molecular formula is C13H16O. The number of fused-ring (bicyclic) bond motifs is 1. The first-order chi connectivity index (χ1) is 6.93. The molecule has 14 heavy (non-hydrogen) atoms. The minimum Gasteiger partial charge on any atom is -0.372 e. The van der Waals surface area contributed by atoms with Gasteiger partial charge in [-0.1, -0.05) is 31.0 Å². The lowest BCUT2D eigenvalue weighted by molar-refractivity contribution is 0.134. The van der Waals surface area contributed by atoms with Crippen molar-refractivity contribution < 1.29 is 4.74 Å². The summed E-state index contributed by atoms with van der Waals surface area (Å²) in [4.78, 5) is 0. The number of hydrogen-bond acceptors (Lipinski definition) is 1. The summed E-state index contributed by atoms with van der Waals surface area (Å²) in [5.41, 5.74) is 4.37. The first kappa shape index (κ1) is 8.49. The van der Waals surface area contributed by atoms with Crippen molar-refractivity contribution in [2.45, 2.75) is 44.8 Å². The molecule has 1 aliphatic carbocycles. The maximum Gasteiger partial charge on any atom is 0.0725 e. The molecule has 74 valence electrons. The van der Waals surface area contributed by atoms with E-state index in [1.54, 1.807) is 5.56 Å². The Labute approximate surface area is 85.1 Å². The van der Waals surface area contributed by atoms with Crippen molar-refractivity contribution >= 4 is 0 Å². The molecule has 1 heterocycles. The van der Waals surface area contributed by atoms with Gasteiger partial charge in [0.1, 0.15) is 0 Å². The topological polar surface area (TPSA) is 9.23 Å². The van der Waals surface area contributed by atoms with Crippen molar-refractivity contribution in [3.63, 3.8) is 0 Å². The molecule has 0 unspecified atom stereocenters. The van der Waals surface area contributed by atoms with E-state index in [-0.39, 0.29) is 0 Å². The fourth-order valence-electron chi connectivity index (χ4n) is 2.71. The highest BCUT2D eigenvalue weighted by Crippen LogP contribution is 2.35. The summed E-state index contributed by atoms with van der Waals surface area (Å²) in [6.07, 6.45) is 5.61. The molecule has 1 aliphatic heterocycles. The Balaban J connectivity index is 1.91. The van der Waals surface area contributed by atoms with Crippen molar-refractivity contribution in [1.29, 1.82) is 0 Å². The third-order valence-electron chi connectivity index (χ3n) is 3.57. The van der Waals surface area contributed by atoms with Gasteiger partial charge in [0.15, 0.2) is 0 Å². The number of hydrogen-bond donors (Lipinski definition) is 0. The third-order valence-corrected chi connectivity index (χ3v) is 3.57. The molecular weight excluding hydrogens is 172 g/mol. The monoisotopic (exact) mass is 188 g/mol. The van der Waals surface area contributed by atoms with Crippen LogP contribution in [0.1, 0.15) is 48.3 Å². The van der Waals surface area contributed by atoms with Crippen LogP contribution in [0.25, 0.3) is 0 Å². The highest BCUT2D eigenvalue weighted by molar-refractivity contribution is 5.35. The van der Waals surface area contributed by atoms with Gasteiger partial charge in [-0.25, -0.2) is 0 Å². The maximum absolute atomic E-state index is 5.43. The van der Waals surface area contributed by atoms with Crippen molar-refractivity contribution in [3.05, 3.63) is 34.9 Å². The zero-order chi connectivity index (χ0) is 9.38. The summed E-state index contributed by atoms with van der Waals surface area (Å²) < 4.78 is 5.43. The quantitative estimate of drug-likeness (QED) is 0.656. The van der Waals surface area contributed by atoms with Crippen LogP contribution in [-0.2, 0) is 18.0 Å². The van der Waals surface area contributed by atoms with Crippen LogP contribution >= 0.6 is 0 Å². The Morgan fingerprint density at radius 2 is 1.79 bits per heavy atom. The number of ether oxygens (including phenoxy) is 1. The first-order valence-electron chi connectivity index (χ1n) is 5.63. The van der Waals surface area contributed by atoms with Crippen molar-refractivity contribution in [1.82, 2.24) is 0 Å². The van der Waals surface area contributed by atoms with Gasteiger partial charge in [0, 0.05) is 0 Å². The van der Waals surface area contributed by atoms with Gasteiger partial charge in [-0.3, -0.25) is 0 Å². The smallest absolute Gasteiger partial charge is 0.0725 e. The summed E-state index contributed by atoms with van der Waals surface area (Å²) in [5, 5.41) is 0. The molecule has 1 fully saturated rings. The number of rotatable bonds is 1. The molecule has 0 spiro atoms. The van der Waals surface area contributed by atoms with Gasteiger partial charge < -0.3 is 4.74 Å². The predicted octanol–water partition coefficient (Wildman–Crippen LogP) is 3.37. The van der Waals surface area contributed by atoms with E-state index < -0.39 is 0 Å². The molecule has 3 rings (SSSR count). The summed E-state index contributed by atoms with van der Waals surface area (Å²) in [6, 6.07) is 6.94. The molecule has 0 bridgehead atoms. The van der Waals surface area contributed by atoms with Gasteiger partial charge in [-0.15, -0.1) is 0 Å². The predicted molar refractivity (Wildman–Crippen MR) is 56.1 cm³/mol. The van der Waals surface area contributed by atoms with Gasteiger partial charge in [-0.2, -0.15) is 0 Å². The van der Waals surface area contributed by atoms with Crippen LogP contribution in [0.5, 0.6) is 0 Å². The van der Waals surface area contributed by atoms with Crippen LogP contribution in [0.2, 0.25) is 0 Å². The molecule has 0 aromatic heterocycles. The molecule has 1 nitrogen and oxygen atoms in total. The largest absolute Gasteiger partial charge is 0.372 e. The Kier molecular flexibility index (Phi) is 2.06. The van der Waals surface area contributed by atoms with E-state index >= 15 is 0 Å². The first-order valence-corrected chi connectivity index (χ1v) is 5.63. The van der Waals surface area contributed by atoms with E-state index in [2.05, 4.69) is 18.2 Å². The molecule has 1 saturated carbocycles. The average Bonchev–Trinajstić information content (AvgIpc) is 2.88. The van der Waals surface area contributed by atoms with Crippen LogP contribution in [0.3, 0.4) is 0 Å². The van der Waals surface area contributed by atoms with Crippen molar-refractivity contribution in [3.8, 4) is 0 Å². The molecule has 0 radical (unpaired) electrons.